The lowest BCUT2D eigenvalue weighted by Crippen LogP contribution is -2.41. The van der Waals surface area contributed by atoms with Crippen molar-refractivity contribution >= 4 is 17.9 Å². The number of rotatable bonds is 2. The van der Waals surface area contributed by atoms with Gasteiger partial charge in [0.1, 0.15) is 0 Å². The molecule has 3 nitrogen and oxygen atoms in total. The van der Waals surface area contributed by atoms with Crippen LogP contribution in [-0.2, 0) is 9.31 Å². The SMILES string of the molecule is CC1(C)OB(C2CC2c2cccc3cnccc23)OC1(C)C. The molecule has 1 saturated heterocycles. The Morgan fingerprint density at radius 1 is 1.09 bits per heavy atom. The van der Waals surface area contributed by atoms with Crippen molar-refractivity contribution in [2.45, 2.75) is 57.1 Å². The van der Waals surface area contributed by atoms with E-state index in [9.17, 15) is 0 Å². The molecule has 1 aromatic heterocycles. The predicted octanol–water partition coefficient (Wildman–Crippen LogP) is 4.18. The van der Waals surface area contributed by atoms with Gasteiger partial charge in [-0.25, -0.2) is 0 Å². The monoisotopic (exact) mass is 295 g/mol. The van der Waals surface area contributed by atoms with Crippen LogP contribution >= 0.6 is 0 Å². The van der Waals surface area contributed by atoms with Gasteiger partial charge in [0.15, 0.2) is 0 Å². The van der Waals surface area contributed by atoms with Crippen molar-refractivity contribution in [1.82, 2.24) is 4.98 Å². The Hall–Kier alpha value is -1.39. The third kappa shape index (κ3) is 2.09. The van der Waals surface area contributed by atoms with E-state index in [1.165, 1.54) is 16.3 Å². The van der Waals surface area contributed by atoms with E-state index in [1.807, 2.05) is 12.4 Å². The minimum Gasteiger partial charge on any atom is -0.403 e. The largest absolute Gasteiger partial charge is 0.461 e. The molecule has 0 bridgehead atoms. The molecule has 114 valence electrons. The smallest absolute Gasteiger partial charge is 0.403 e. The first-order valence-corrected chi connectivity index (χ1v) is 8.07. The van der Waals surface area contributed by atoms with Crippen LogP contribution in [0.1, 0.15) is 45.6 Å². The quantitative estimate of drug-likeness (QED) is 0.779. The van der Waals surface area contributed by atoms with Crippen molar-refractivity contribution in [2.75, 3.05) is 0 Å². The molecule has 22 heavy (non-hydrogen) atoms. The Morgan fingerprint density at radius 2 is 1.82 bits per heavy atom. The van der Waals surface area contributed by atoms with Crippen molar-refractivity contribution in [3.63, 3.8) is 0 Å². The van der Waals surface area contributed by atoms with Crippen molar-refractivity contribution in [3.05, 3.63) is 42.2 Å². The first-order valence-electron chi connectivity index (χ1n) is 8.07. The van der Waals surface area contributed by atoms with Crippen LogP contribution < -0.4 is 0 Å². The highest BCUT2D eigenvalue weighted by atomic mass is 16.7. The van der Waals surface area contributed by atoms with Gasteiger partial charge >= 0.3 is 7.12 Å². The number of aromatic nitrogens is 1. The van der Waals surface area contributed by atoms with E-state index in [1.54, 1.807) is 0 Å². The number of hydrogen-bond acceptors (Lipinski definition) is 3. The Labute approximate surface area is 132 Å². The third-order valence-corrected chi connectivity index (χ3v) is 5.57. The van der Waals surface area contributed by atoms with Gasteiger partial charge in [-0.1, -0.05) is 18.2 Å². The van der Waals surface area contributed by atoms with E-state index in [2.05, 4.69) is 56.9 Å². The Kier molecular flexibility index (Phi) is 2.95. The lowest BCUT2D eigenvalue weighted by Gasteiger charge is -2.32. The zero-order chi connectivity index (χ0) is 15.5. The second kappa shape index (κ2) is 4.56. The predicted molar refractivity (Wildman–Crippen MR) is 88.9 cm³/mol. The van der Waals surface area contributed by atoms with Gasteiger partial charge in [0.25, 0.3) is 0 Å². The lowest BCUT2D eigenvalue weighted by molar-refractivity contribution is 0.00578. The van der Waals surface area contributed by atoms with Crippen LogP contribution in [0.5, 0.6) is 0 Å². The molecule has 2 unspecified atom stereocenters. The molecule has 0 N–H and O–H groups in total. The van der Waals surface area contributed by atoms with E-state index < -0.39 is 0 Å². The molecule has 0 amide bonds. The summed E-state index contributed by atoms with van der Waals surface area (Å²) in [6.45, 7) is 8.48. The van der Waals surface area contributed by atoms with Crippen LogP contribution in [0.25, 0.3) is 10.8 Å². The molecule has 1 aliphatic carbocycles. The fraction of sp³-hybridized carbons (Fsp3) is 0.500. The molecule has 0 radical (unpaired) electrons. The summed E-state index contributed by atoms with van der Waals surface area (Å²) >= 11 is 0. The Balaban J connectivity index is 1.60. The van der Waals surface area contributed by atoms with Gasteiger partial charge in [-0.05, 0) is 57.0 Å². The second-order valence-electron chi connectivity index (χ2n) is 7.57. The number of benzene rings is 1. The maximum atomic E-state index is 6.22. The maximum absolute atomic E-state index is 6.22. The summed E-state index contributed by atoms with van der Waals surface area (Å²) in [7, 11) is -0.0907. The van der Waals surface area contributed by atoms with E-state index in [0.717, 1.165) is 6.42 Å². The molecule has 1 saturated carbocycles. The molecular formula is C18H22BNO2. The number of fused-ring (bicyclic) bond motifs is 1. The highest BCUT2D eigenvalue weighted by Gasteiger charge is 2.60. The lowest BCUT2D eigenvalue weighted by atomic mass is 9.79. The van der Waals surface area contributed by atoms with Gasteiger partial charge in [-0.15, -0.1) is 0 Å². The first-order chi connectivity index (χ1) is 10.4. The molecule has 4 heteroatoms. The van der Waals surface area contributed by atoms with Crippen molar-refractivity contribution in [3.8, 4) is 0 Å². The molecule has 1 aliphatic heterocycles. The fourth-order valence-corrected chi connectivity index (χ4v) is 3.41. The van der Waals surface area contributed by atoms with Crippen LogP contribution in [0.3, 0.4) is 0 Å². The third-order valence-electron chi connectivity index (χ3n) is 5.57. The fourth-order valence-electron chi connectivity index (χ4n) is 3.41. The summed E-state index contributed by atoms with van der Waals surface area (Å²) in [4.78, 5) is 4.22. The average Bonchev–Trinajstić information content (AvgIpc) is 3.21. The average molecular weight is 295 g/mol. The van der Waals surface area contributed by atoms with Crippen molar-refractivity contribution in [2.24, 2.45) is 0 Å². The van der Waals surface area contributed by atoms with E-state index >= 15 is 0 Å². The number of pyridine rings is 1. The van der Waals surface area contributed by atoms with Crippen LogP contribution in [0, 0.1) is 0 Å². The number of hydrogen-bond donors (Lipinski definition) is 0. The molecule has 2 atom stereocenters. The summed E-state index contributed by atoms with van der Waals surface area (Å²) in [6.07, 6.45) is 4.95. The minimum absolute atomic E-state index is 0.0907. The summed E-state index contributed by atoms with van der Waals surface area (Å²) < 4.78 is 12.4. The van der Waals surface area contributed by atoms with E-state index in [0.29, 0.717) is 11.7 Å². The minimum atomic E-state index is -0.243. The van der Waals surface area contributed by atoms with Crippen LogP contribution in [-0.4, -0.2) is 23.3 Å². The molecule has 4 rings (SSSR count). The Morgan fingerprint density at radius 3 is 2.55 bits per heavy atom. The molecular weight excluding hydrogens is 273 g/mol. The summed E-state index contributed by atoms with van der Waals surface area (Å²) in [5, 5.41) is 2.51. The van der Waals surface area contributed by atoms with Crippen LogP contribution in [0.4, 0.5) is 0 Å². The summed E-state index contributed by atoms with van der Waals surface area (Å²) in [5.41, 5.74) is 0.917. The highest BCUT2D eigenvalue weighted by Crippen LogP contribution is 2.59. The molecule has 0 spiro atoms. The Bertz CT molecular complexity index is 707. The van der Waals surface area contributed by atoms with Gasteiger partial charge in [0.2, 0.25) is 0 Å². The highest BCUT2D eigenvalue weighted by molar-refractivity contribution is 6.49. The maximum Gasteiger partial charge on any atom is 0.461 e. The molecule has 2 aliphatic rings. The standard InChI is InChI=1S/C18H22BNO2/c1-17(2)18(3,4)22-19(21-17)16-10-15(16)14-7-5-6-12-11-20-9-8-13(12)14/h5-9,11,15-16H,10H2,1-4H3. The second-order valence-corrected chi connectivity index (χ2v) is 7.57. The van der Waals surface area contributed by atoms with Crippen LogP contribution in [0.2, 0.25) is 5.82 Å². The molecule has 2 fully saturated rings. The summed E-state index contributed by atoms with van der Waals surface area (Å²) in [5.74, 6) is 0.987. The normalized spacial score (nSPS) is 29.0. The van der Waals surface area contributed by atoms with Gasteiger partial charge < -0.3 is 9.31 Å². The zero-order valence-corrected chi connectivity index (χ0v) is 13.7. The van der Waals surface area contributed by atoms with Gasteiger partial charge in [-0.3, -0.25) is 4.98 Å². The van der Waals surface area contributed by atoms with E-state index in [4.69, 9.17) is 9.31 Å². The molecule has 2 heterocycles. The van der Waals surface area contributed by atoms with Crippen molar-refractivity contribution in [1.29, 1.82) is 0 Å². The first kappa shape index (κ1) is 14.2. The van der Waals surface area contributed by atoms with E-state index in [-0.39, 0.29) is 18.3 Å². The molecule has 2 aromatic rings. The van der Waals surface area contributed by atoms with Gasteiger partial charge in [-0.2, -0.15) is 0 Å². The zero-order valence-electron chi connectivity index (χ0n) is 13.7. The van der Waals surface area contributed by atoms with Gasteiger partial charge in [0.05, 0.1) is 11.2 Å². The van der Waals surface area contributed by atoms with Crippen molar-refractivity contribution < 1.29 is 9.31 Å². The number of nitrogens with zero attached hydrogens (tertiary/aromatic N) is 1. The topological polar surface area (TPSA) is 31.4 Å². The molecule has 1 aromatic carbocycles. The van der Waals surface area contributed by atoms with Crippen LogP contribution in [0.15, 0.2) is 36.7 Å². The summed E-state index contributed by atoms with van der Waals surface area (Å²) in [6, 6.07) is 8.60. The van der Waals surface area contributed by atoms with Gasteiger partial charge in [0, 0.05) is 23.6 Å².